The minimum absolute atomic E-state index is 0.595. The summed E-state index contributed by atoms with van der Waals surface area (Å²) in [5, 5.41) is 0.855. The third-order valence-corrected chi connectivity index (χ3v) is 2.19. The highest BCUT2D eigenvalue weighted by atomic mass is 79.9. The van der Waals surface area contributed by atoms with Crippen LogP contribution in [0, 0.1) is 0 Å². The summed E-state index contributed by atoms with van der Waals surface area (Å²) in [5.74, 6) is 0. The Bertz CT molecular complexity index is 431. The standard InChI is InChI=1S/C9H5BrO2/c10-7-1-2-8-6(4-11)5-12-9(8)3-7/h1-5H. The Balaban J connectivity index is 2.81. The van der Waals surface area contributed by atoms with Crippen molar-refractivity contribution in [3.63, 3.8) is 0 Å². The van der Waals surface area contributed by atoms with Gasteiger partial charge in [0.05, 0.1) is 5.56 Å². The van der Waals surface area contributed by atoms with Crippen molar-refractivity contribution in [3.8, 4) is 0 Å². The van der Waals surface area contributed by atoms with E-state index in [4.69, 9.17) is 4.42 Å². The smallest absolute Gasteiger partial charge is 0.153 e. The van der Waals surface area contributed by atoms with Gasteiger partial charge in [0.15, 0.2) is 6.29 Å². The van der Waals surface area contributed by atoms with Crippen LogP contribution in [-0.4, -0.2) is 6.29 Å². The molecule has 1 heterocycles. The fourth-order valence-electron chi connectivity index (χ4n) is 1.11. The number of carbonyl (C=O) groups is 1. The molecule has 0 bridgehead atoms. The molecule has 1 aromatic heterocycles. The average molecular weight is 225 g/mol. The van der Waals surface area contributed by atoms with Gasteiger partial charge in [0.1, 0.15) is 11.8 Å². The van der Waals surface area contributed by atoms with E-state index in [1.54, 1.807) is 0 Å². The molecular weight excluding hydrogens is 220 g/mol. The second-order valence-corrected chi connectivity index (χ2v) is 3.37. The van der Waals surface area contributed by atoms with Crippen LogP contribution in [0.5, 0.6) is 0 Å². The van der Waals surface area contributed by atoms with Crippen molar-refractivity contribution in [2.45, 2.75) is 0 Å². The molecule has 0 spiro atoms. The molecule has 0 amide bonds. The Morgan fingerprint density at radius 3 is 3.00 bits per heavy atom. The molecule has 3 heteroatoms. The molecule has 0 atom stereocenters. The number of hydrogen-bond acceptors (Lipinski definition) is 2. The van der Waals surface area contributed by atoms with E-state index in [1.807, 2.05) is 18.2 Å². The summed E-state index contributed by atoms with van der Waals surface area (Å²) in [6.07, 6.45) is 2.25. The number of fused-ring (bicyclic) bond motifs is 1. The Kier molecular flexibility index (Phi) is 1.73. The fourth-order valence-corrected chi connectivity index (χ4v) is 1.45. The van der Waals surface area contributed by atoms with Crippen LogP contribution >= 0.6 is 15.9 Å². The average Bonchev–Trinajstić information content (AvgIpc) is 2.46. The lowest BCUT2D eigenvalue weighted by atomic mass is 10.2. The highest BCUT2D eigenvalue weighted by Gasteiger charge is 2.03. The van der Waals surface area contributed by atoms with Crippen molar-refractivity contribution in [3.05, 3.63) is 34.5 Å². The first-order valence-electron chi connectivity index (χ1n) is 3.43. The van der Waals surface area contributed by atoms with Gasteiger partial charge in [-0.3, -0.25) is 4.79 Å². The zero-order chi connectivity index (χ0) is 8.55. The maximum atomic E-state index is 10.5. The van der Waals surface area contributed by atoms with E-state index in [9.17, 15) is 4.79 Å². The largest absolute Gasteiger partial charge is 0.464 e. The molecule has 0 radical (unpaired) electrons. The monoisotopic (exact) mass is 224 g/mol. The summed E-state index contributed by atoms with van der Waals surface area (Å²) in [5.41, 5.74) is 1.32. The van der Waals surface area contributed by atoms with Gasteiger partial charge < -0.3 is 4.42 Å². The van der Waals surface area contributed by atoms with Crippen LogP contribution in [0.2, 0.25) is 0 Å². The molecule has 0 aliphatic heterocycles. The summed E-state index contributed by atoms with van der Waals surface area (Å²) in [7, 11) is 0. The zero-order valence-electron chi connectivity index (χ0n) is 6.08. The van der Waals surface area contributed by atoms with Crippen LogP contribution < -0.4 is 0 Å². The van der Waals surface area contributed by atoms with Crippen LogP contribution in [0.1, 0.15) is 10.4 Å². The van der Waals surface area contributed by atoms with Gasteiger partial charge in [0, 0.05) is 9.86 Å². The van der Waals surface area contributed by atoms with Crippen molar-refractivity contribution in [1.29, 1.82) is 0 Å². The van der Waals surface area contributed by atoms with Crippen LogP contribution in [0.25, 0.3) is 11.0 Å². The van der Waals surface area contributed by atoms with Gasteiger partial charge in [-0.15, -0.1) is 0 Å². The molecular formula is C9H5BrO2. The van der Waals surface area contributed by atoms with Crippen LogP contribution in [-0.2, 0) is 0 Å². The summed E-state index contributed by atoms with van der Waals surface area (Å²) in [6.45, 7) is 0. The van der Waals surface area contributed by atoms with Gasteiger partial charge in [-0.1, -0.05) is 15.9 Å². The van der Waals surface area contributed by atoms with E-state index in [2.05, 4.69) is 15.9 Å². The number of hydrogen-bond donors (Lipinski definition) is 0. The first-order valence-corrected chi connectivity index (χ1v) is 4.22. The van der Waals surface area contributed by atoms with E-state index in [-0.39, 0.29) is 0 Å². The van der Waals surface area contributed by atoms with Crippen molar-refractivity contribution >= 4 is 33.2 Å². The number of carbonyl (C=O) groups excluding carboxylic acids is 1. The SMILES string of the molecule is O=Cc1coc2cc(Br)ccc12. The van der Waals surface area contributed by atoms with Crippen LogP contribution in [0.15, 0.2) is 33.4 Å². The third-order valence-electron chi connectivity index (χ3n) is 1.69. The predicted octanol–water partition coefficient (Wildman–Crippen LogP) is 3.01. The molecule has 0 N–H and O–H groups in total. The first-order chi connectivity index (χ1) is 5.81. The molecule has 0 fully saturated rings. The predicted molar refractivity (Wildman–Crippen MR) is 49.3 cm³/mol. The molecule has 0 aliphatic rings. The molecule has 2 nitrogen and oxygen atoms in total. The number of aldehydes is 1. The quantitative estimate of drug-likeness (QED) is 0.698. The van der Waals surface area contributed by atoms with E-state index >= 15 is 0 Å². The molecule has 12 heavy (non-hydrogen) atoms. The van der Waals surface area contributed by atoms with Gasteiger partial charge in [0.25, 0.3) is 0 Å². The minimum Gasteiger partial charge on any atom is -0.464 e. The summed E-state index contributed by atoms with van der Waals surface area (Å²) in [6, 6.07) is 5.57. The maximum Gasteiger partial charge on any atom is 0.153 e. The van der Waals surface area contributed by atoms with E-state index in [0.29, 0.717) is 5.56 Å². The van der Waals surface area contributed by atoms with Gasteiger partial charge in [-0.05, 0) is 18.2 Å². The Hall–Kier alpha value is -1.09. The molecule has 0 unspecified atom stereocenters. The van der Waals surface area contributed by atoms with Gasteiger partial charge >= 0.3 is 0 Å². The van der Waals surface area contributed by atoms with Crippen LogP contribution in [0.3, 0.4) is 0 Å². The van der Waals surface area contributed by atoms with Crippen molar-refractivity contribution in [2.24, 2.45) is 0 Å². The molecule has 0 saturated carbocycles. The summed E-state index contributed by atoms with van der Waals surface area (Å²) < 4.78 is 6.11. The van der Waals surface area contributed by atoms with Crippen molar-refractivity contribution in [2.75, 3.05) is 0 Å². The highest BCUT2D eigenvalue weighted by molar-refractivity contribution is 9.10. The van der Waals surface area contributed by atoms with Gasteiger partial charge in [-0.2, -0.15) is 0 Å². The molecule has 1 aromatic carbocycles. The number of halogens is 1. The summed E-state index contributed by atoms with van der Waals surface area (Å²) >= 11 is 3.32. The second kappa shape index (κ2) is 2.75. The highest BCUT2D eigenvalue weighted by Crippen LogP contribution is 2.23. The molecule has 2 rings (SSSR count). The number of rotatable bonds is 1. The first kappa shape index (κ1) is 7.55. The lowest BCUT2D eigenvalue weighted by molar-refractivity contribution is 0.112. The van der Waals surface area contributed by atoms with E-state index in [0.717, 1.165) is 21.7 Å². The lowest BCUT2D eigenvalue weighted by Crippen LogP contribution is -1.73. The number of furan rings is 1. The Morgan fingerprint density at radius 1 is 1.42 bits per heavy atom. The topological polar surface area (TPSA) is 30.2 Å². The van der Waals surface area contributed by atoms with Gasteiger partial charge in [0.2, 0.25) is 0 Å². The van der Waals surface area contributed by atoms with Gasteiger partial charge in [-0.25, -0.2) is 0 Å². The van der Waals surface area contributed by atoms with Crippen LogP contribution in [0.4, 0.5) is 0 Å². The fraction of sp³-hybridized carbons (Fsp3) is 0. The Morgan fingerprint density at radius 2 is 2.25 bits per heavy atom. The molecule has 2 aromatic rings. The van der Waals surface area contributed by atoms with Crippen molar-refractivity contribution < 1.29 is 9.21 Å². The molecule has 0 saturated heterocycles. The normalized spacial score (nSPS) is 10.4. The zero-order valence-corrected chi connectivity index (χ0v) is 7.67. The molecule has 0 aliphatic carbocycles. The van der Waals surface area contributed by atoms with E-state index < -0.39 is 0 Å². The van der Waals surface area contributed by atoms with E-state index in [1.165, 1.54) is 6.26 Å². The minimum atomic E-state index is 0.595. The Labute approximate surface area is 77.3 Å². The summed E-state index contributed by atoms with van der Waals surface area (Å²) in [4.78, 5) is 10.5. The maximum absolute atomic E-state index is 10.5. The van der Waals surface area contributed by atoms with Crippen molar-refractivity contribution in [1.82, 2.24) is 0 Å². The molecule has 60 valence electrons. The number of benzene rings is 1. The second-order valence-electron chi connectivity index (χ2n) is 2.45. The lowest BCUT2D eigenvalue weighted by Gasteiger charge is -1.89. The third kappa shape index (κ3) is 1.06.